The van der Waals surface area contributed by atoms with Crippen molar-refractivity contribution in [2.75, 3.05) is 6.54 Å². The van der Waals surface area contributed by atoms with Crippen LogP contribution in [0.15, 0.2) is 48.5 Å². The molecule has 1 fully saturated rings. The van der Waals surface area contributed by atoms with E-state index in [1.165, 1.54) is 35.1 Å². The van der Waals surface area contributed by atoms with Crippen molar-refractivity contribution in [2.24, 2.45) is 5.73 Å². The third-order valence-electron chi connectivity index (χ3n) is 4.27. The lowest BCUT2D eigenvalue weighted by Gasteiger charge is -2.14. The lowest BCUT2D eigenvalue weighted by molar-refractivity contribution is 0.703. The smallest absolute Gasteiger partial charge is 0.00763 e. The summed E-state index contributed by atoms with van der Waals surface area (Å²) in [4.78, 5) is 0. The summed E-state index contributed by atoms with van der Waals surface area (Å²) < 4.78 is 0. The molecule has 1 heteroatoms. The Morgan fingerprint density at radius 2 is 1.68 bits per heavy atom. The van der Waals surface area contributed by atoms with Gasteiger partial charge in [-0.15, -0.1) is 0 Å². The number of rotatable bonds is 4. The topological polar surface area (TPSA) is 26.0 Å². The molecule has 1 saturated carbocycles. The zero-order valence-corrected chi connectivity index (χ0v) is 11.5. The molecule has 2 aromatic carbocycles. The molecule has 0 aromatic heterocycles. The zero-order chi connectivity index (χ0) is 13.3. The van der Waals surface area contributed by atoms with Gasteiger partial charge in [-0.3, -0.25) is 0 Å². The molecular weight excluding hydrogens is 230 g/mol. The van der Waals surface area contributed by atoms with Gasteiger partial charge in [-0.05, 0) is 42.9 Å². The van der Waals surface area contributed by atoms with Crippen molar-refractivity contribution >= 4 is 0 Å². The van der Waals surface area contributed by atoms with E-state index in [0.717, 1.165) is 13.0 Å². The van der Waals surface area contributed by atoms with Gasteiger partial charge in [0.05, 0.1) is 0 Å². The minimum Gasteiger partial charge on any atom is -0.330 e. The van der Waals surface area contributed by atoms with Crippen LogP contribution in [-0.2, 0) is 11.8 Å². The lowest BCUT2D eigenvalue weighted by Crippen LogP contribution is -2.19. The Kier molecular flexibility index (Phi) is 3.16. The number of hydrogen-bond acceptors (Lipinski definition) is 1. The predicted octanol–water partition coefficient (Wildman–Crippen LogP) is 3.58. The molecule has 2 N–H and O–H groups in total. The maximum atomic E-state index is 5.92. The van der Waals surface area contributed by atoms with Crippen LogP contribution < -0.4 is 5.73 Å². The molecule has 3 rings (SSSR count). The Hall–Kier alpha value is -1.60. The summed E-state index contributed by atoms with van der Waals surface area (Å²) in [5.74, 6) is 0. The molecule has 0 amide bonds. The molecule has 19 heavy (non-hydrogen) atoms. The first-order valence-corrected chi connectivity index (χ1v) is 7.07. The van der Waals surface area contributed by atoms with Crippen LogP contribution in [0, 0.1) is 6.92 Å². The van der Waals surface area contributed by atoms with E-state index >= 15 is 0 Å². The molecule has 0 saturated heterocycles. The Morgan fingerprint density at radius 1 is 1.00 bits per heavy atom. The Balaban J connectivity index is 1.84. The second kappa shape index (κ2) is 4.82. The van der Waals surface area contributed by atoms with Gasteiger partial charge in [0.1, 0.15) is 0 Å². The summed E-state index contributed by atoms with van der Waals surface area (Å²) in [6.07, 6.45) is 3.50. The van der Waals surface area contributed by atoms with E-state index in [-0.39, 0.29) is 0 Å². The first-order chi connectivity index (χ1) is 9.22. The SMILES string of the molecule is Cc1cccc(Cc2cccc(C3(CN)CC3)c2)c1. The fourth-order valence-corrected chi connectivity index (χ4v) is 2.83. The van der Waals surface area contributed by atoms with Crippen LogP contribution >= 0.6 is 0 Å². The van der Waals surface area contributed by atoms with E-state index in [1.54, 1.807) is 0 Å². The van der Waals surface area contributed by atoms with Gasteiger partial charge in [-0.25, -0.2) is 0 Å². The van der Waals surface area contributed by atoms with E-state index < -0.39 is 0 Å². The van der Waals surface area contributed by atoms with Crippen molar-refractivity contribution < 1.29 is 0 Å². The summed E-state index contributed by atoms with van der Waals surface area (Å²) in [5, 5.41) is 0. The minimum atomic E-state index is 0.294. The van der Waals surface area contributed by atoms with Gasteiger partial charge in [0.15, 0.2) is 0 Å². The molecule has 0 radical (unpaired) electrons. The third-order valence-corrected chi connectivity index (χ3v) is 4.27. The maximum Gasteiger partial charge on any atom is 0.00763 e. The van der Waals surface area contributed by atoms with E-state index in [2.05, 4.69) is 55.5 Å². The first-order valence-electron chi connectivity index (χ1n) is 7.07. The zero-order valence-electron chi connectivity index (χ0n) is 11.5. The van der Waals surface area contributed by atoms with Crippen molar-refractivity contribution in [1.29, 1.82) is 0 Å². The summed E-state index contributed by atoms with van der Waals surface area (Å²) in [6, 6.07) is 17.7. The number of nitrogens with two attached hydrogens (primary N) is 1. The van der Waals surface area contributed by atoms with E-state index in [0.29, 0.717) is 5.41 Å². The van der Waals surface area contributed by atoms with Crippen LogP contribution in [0.4, 0.5) is 0 Å². The third kappa shape index (κ3) is 2.57. The predicted molar refractivity (Wildman–Crippen MR) is 80.4 cm³/mol. The molecule has 1 nitrogen and oxygen atoms in total. The average molecular weight is 251 g/mol. The standard InChI is InChI=1S/C18H21N/c1-14-4-2-5-15(10-14)11-16-6-3-7-17(12-16)18(13-19)8-9-18/h2-7,10,12H,8-9,11,13,19H2,1H3. The van der Waals surface area contributed by atoms with Gasteiger partial charge < -0.3 is 5.73 Å². The maximum absolute atomic E-state index is 5.92. The highest BCUT2D eigenvalue weighted by molar-refractivity contribution is 5.37. The summed E-state index contributed by atoms with van der Waals surface area (Å²) in [6.45, 7) is 2.93. The Morgan fingerprint density at radius 3 is 2.32 bits per heavy atom. The van der Waals surface area contributed by atoms with Crippen LogP contribution in [0.5, 0.6) is 0 Å². The van der Waals surface area contributed by atoms with Gasteiger partial charge in [0, 0.05) is 12.0 Å². The molecule has 1 aliphatic carbocycles. The molecule has 0 spiro atoms. The second-order valence-corrected chi connectivity index (χ2v) is 5.85. The van der Waals surface area contributed by atoms with Crippen molar-refractivity contribution in [3.05, 3.63) is 70.8 Å². The van der Waals surface area contributed by atoms with Crippen LogP contribution in [0.25, 0.3) is 0 Å². The molecule has 0 atom stereocenters. The summed E-state index contributed by atoms with van der Waals surface area (Å²) in [5.41, 5.74) is 11.8. The van der Waals surface area contributed by atoms with Crippen LogP contribution in [-0.4, -0.2) is 6.54 Å². The summed E-state index contributed by atoms with van der Waals surface area (Å²) >= 11 is 0. The van der Waals surface area contributed by atoms with E-state index in [9.17, 15) is 0 Å². The molecule has 98 valence electrons. The van der Waals surface area contributed by atoms with Crippen LogP contribution in [0.3, 0.4) is 0 Å². The fraction of sp³-hybridized carbons (Fsp3) is 0.333. The monoisotopic (exact) mass is 251 g/mol. The van der Waals surface area contributed by atoms with Crippen molar-refractivity contribution in [2.45, 2.75) is 31.6 Å². The highest BCUT2D eigenvalue weighted by atomic mass is 14.7. The Labute approximate surface area is 115 Å². The van der Waals surface area contributed by atoms with Crippen LogP contribution in [0.2, 0.25) is 0 Å². The fourth-order valence-electron chi connectivity index (χ4n) is 2.83. The normalized spacial score (nSPS) is 16.3. The van der Waals surface area contributed by atoms with Crippen molar-refractivity contribution in [3.63, 3.8) is 0 Å². The van der Waals surface area contributed by atoms with Gasteiger partial charge in [0.2, 0.25) is 0 Å². The lowest BCUT2D eigenvalue weighted by atomic mass is 9.93. The summed E-state index contributed by atoms with van der Waals surface area (Å²) in [7, 11) is 0. The molecule has 0 bridgehead atoms. The second-order valence-electron chi connectivity index (χ2n) is 5.85. The number of aryl methyl sites for hydroxylation is 1. The van der Waals surface area contributed by atoms with Gasteiger partial charge in [-0.1, -0.05) is 54.1 Å². The highest BCUT2D eigenvalue weighted by Crippen LogP contribution is 2.47. The van der Waals surface area contributed by atoms with Crippen molar-refractivity contribution in [1.82, 2.24) is 0 Å². The van der Waals surface area contributed by atoms with E-state index in [1.807, 2.05) is 0 Å². The largest absolute Gasteiger partial charge is 0.330 e. The molecular formula is C18H21N. The molecule has 1 aliphatic rings. The number of benzene rings is 2. The number of hydrogen-bond donors (Lipinski definition) is 1. The van der Waals surface area contributed by atoms with Gasteiger partial charge in [-0.2, -0.15) is 0 Å². The quantitative estimate of drug-likeness (QED) is 0.883. The van der Waals surface area contributed by atoms with Gasteiger partial charge in [0.25, 0.3) is 0 Å². The van der Waals surface area contributed by atoms with Crippen LogP contribution in [0.1, 0.15) is 35.1 Å². The molecule has 0 unspecified atom stereocenters. The van der Waals surface area contributed by atoms with Crippen molar-refractivity contribution in [3.8, 4) is 0 Å². The average Bonchev–Trinajstić information content (AvgIpc) is 3.20. The molecule has 2 aromatic rings. The Bertz CT molecular complexity index is 582. The highest BCUT2D eigenvalue weighted by Gasteiger charge is 2.42. The molecule has 0 aliphatic heterocycles. The van der Waals surface area contributed by atoms with E-state index in [4.69, 9.17) is 5.73 Å². The van der Waals surface area contributed by atoms with Gasteiger partial charge >= 0.3 is 0 Å². The molecule has 0 heterocycles. The first kappa shape index (κ1) is 12.4. The minimum absolute atomic E-state index is 0.294.